The van der Waals surface area contributed by atoms with Gasteiger partial charge in [0.15, 0.2) is 0 Å². The predicted molar refractivity (Wildman–Crippen MR) is 72.5 cm³/mol. The van der Waals surface area contributed by atoms with Crippen molar-refractivity contribution < 1.29 is 4.92 Å². The molecule has 0 saturated carbocycles. The fourth-order valence-electron chi connectivity index (χ4n) is 1.57. The molecule has 0 aliphatic rings. The second-order valence-corrected chi connectivity index (χ2v) is 4.17. The molecular formula is C13H8ClN3O2. The van der Waals surface area contributed by atoms with Gasteiger partial charge in [-0.2, -0.15) is 5.26 Å². The number of nitrogens with one attached hydrogen (secondary N) is 1. The van der Waals surface area contributed by atoms with Crippen LogP contribution >= 0.6 is 11.6 Å². The summed E-state index contributed by atoms with van der Waals surface area (Å²) in [7, 11) is 0. The van der Waals surface area contributed by atoms with E-state index in [1.165, 1.54) is 18.2 Å². The third kappa shape index (κ3) is 3.00. The zero-order valence-corrected chi connectivity index (χ0v) is 10.4. The molecule has 19 heavy (non-hydrogen) atoms. The minimum absolute atomic E-state index is 0.117. The van der Waals surface area contributed by atoms with Gasteiger partial charge >= 0.3 is 0 Å². The van der Waals surface area contributed by atoms with E-state index < -0.39 is 4.92 Å². The molecule has 0 amide bonds. The molecule has 0 radical (unpaired) electrons. The van der Waals surface area contributed by atoms with Gasteiger partial charge in [-0.3, -0.25) is 10.1 Å². The molecule has 0 unspecified atom stereocenters. The average Bonchev–Trinajstić information content (AvgIpc) is 2.39. The number of hydrogen-bond donors (Lipinski definition) is 1. The van der Waals surface area contributed by atoms with Crippen LogP contribution in [0.4, 0.5) is 17.1 Å². The van der Waals surface area contributed by atoms with Crippen molar-refractivity contribution in [3.05, 3.63) is 63.2 Å². The number of hydrogen-bond acceptors (Lipinski definition) is 4. The van der Waals surface area contributed by atoms with Crippen molar-refractivity contribution in [2.24, 2.45) is 0 Å². The van der Waals surface area contributed by atoms with Gasteiger partial charge in [-0.15, -0.1) is 0 Å². The average molecular weight is 274 g/mol. The lowest BCUT2D eigenvalue weighted by molar-refractivity contribution is -0.384. The smallest absolute Gasteiger partial charge is 0.270 e. The highest BCUT2D eigenvalue weighted by molar-refractivity contribution is 6.30. The monoisotopic (exact) mass is 273 g/mol. The third-order valence-electron chi connectivity index (χ3n) is 2.44. The highest BCUT2D eigenvalue weighted by Crippen LogP contribution is 2.25. The lowest BCUT2D eigenvalue weighted by Gasteiger charge is -2.08. The molecular weight excluding hydrogens is 266 g/mol. The van der Waals surface area contributed by atoms with E-state index in [2.05, 4.69) is 5.32 Å². The highest BCUT2D eigenvalue weighted by atomic mass is 35.5. The maximum absolute atomic E-state index is 10.6. The Kier molecular flexibility index (Phi) is 3.64. The standard InChI is InChI=1S/C13H8ClN3O2/c14-10-2-1-3-11(7-10)16-13-5-4-12(17(18)19)6-9(13)8-15/h1-7,16H. The van der Waals surface area contributed by atoms with Crippen LogP contribution in [0.15, 0.2) is 42.5 Å². The number of nitrogens with zero attached hydrogens (tertiary/aromatic N) is 2. The van der Waals surface area contributed by atoms with E-state index in [1.54, 1.807) is 24.3 Å². The molecule has 2 rings (SSSR count). The first-order valence-corrected chi connectivity index (χ1v) is 5.69. The minimum Gasteiger partial charge on any atom is -0.354 e. The van der Waals surface area contributed by atoms with E-state index in [4.69, 9.17) is 16.9 Å². The molecule has 0 spiro atoms. The van der Waals surface area contributed by atoms with Crippen molar-refractivity contribution in [2.45, 2.75) is 0 Å². The molecule has 6 heteroatoms. The summed E-state index contributed by atoms with van der Waals surface area (Å²) in [4.78, 5) is 10.1. The summed E-state index contributed by atoms with van der Waals surface area (Å²) in [6.07, 6.45) is 0. The predicted octanol–water partition coefficient (Wildman–Crippen LogP) is 3.86. The molecule has 0 bridgehead atoms. The Balaban J connectivity index is 2.36. The molecule has 0 aromatic heterocycles. The van der Waals surface area contributed by atoms with Crippen molar-refractivity contribution in [3.8, 4) is 6.07 Å². The number of halogens is 1. The van der Waals surface area contributed by atoms with Gasteiger partial charge in [0.2, 0.25) is 0 Å². The van der Waals surface area contributed by atoms with Crippen LogP contribution in [0.5, 0.6) is 0 Å². The third-order valence-corrected chi connectivity index (χ3v) is 2.67. The molecule has 1 N–H and O–H groups in total. The van der Waals surface area contributed by atoms with E-state index in [0.717, 1.165) is 0 Å². The van der Waals surface area contributed by atoms with Gasteiger partial charge in [0.25, 0.3) is 5.69 Å². The summed E-state index contributed by atoms with van der Waals surface area (Å²) >= 11 is 5.86. The van der Waals surface area contributed by atoms with Gasteiger partial charge in [-0.05, 0) is 24.3 Å². The first kappa shape index (κ1) is 12.9. The van der Waals surface area contributed by atoms with Crippen molar-refractivity contribution in [2.75, 3.05) is 5.32 Å². The topological polar surface area (TPSA) is 79.0 Å². The van der Waals surface area contributed by atoms with Crippen molar-refractivity contribution in [1.29, 1.82) is 5.26 Å². The molecule has 0 aliphatic heterocycles. The van der Waals surface area contributed by atoms with E-state index in [0.29, 0.717) is 16.4 Å². The zero-order chi connectivity index (χ0) is 13.8. The number of nitro groups is 1. The fourth-order valence-corrected chi connectivity index (χ4v) is 1.76. The number of nitriles is 1. The summed E-state index contributed by atoms with van der Waals surface area (Å²) in [5, 5.41) is 23.2. The lowest BCUT2D eigenvalue weighted by Crippen LogP contribution is -1.95. The van der Waals surface area contributed by atoms with E-state index in [-0.39, 0.29) is 11.3 Å². The maximum Gasteiger partial charge on any atom is 0.270 e. The zero-order valence-electron chi connectivity index (χ0n) is 9.63. The number of nitro benzene ring substituents is 1. The van der Waals surface area contributed by atoms with Crippen LogP contribution in [-0.4, -0.2) is 4.92 Å². The fraction of sp³-hybridized carbons (Fsp3) is 0. The van der Waals surface area contributed by atoms with Crippen molar-refractivity contribution >= 4 is 28.7 Å². The second-order valence-electron chi connectivity index (χ2n) is 3.73. The summed E-state index contributed by atoms with van der Waals surface area (Å²) in [5.74, 6) is 0. The summed E-state index contributed by atoms with van der Waals surface area (Å²) in [6.45, 7) is 0. The van der Waals surface area contributed by atoms with Gasteiger partial charge in [0, 0.05) is 22.8 Å². The second kappa shape index (κ2) is 5.38. The number of benzene rings is 2. The molecule has 0 aliphatic carbocycles. The maximum atomic E-state index is 10.6. The molecule has 5 nitrogen and oxygen atoms in total. The van der Waals surface area contributed by atoms with E-state index in [1.807, 2.05) is 6.07 Å². The Hall–Kier alpha value is -2.58. The lowest BCUT2D eigenvalue weighted by atomic mass is 10.1. The van der Waals surface area contributed by atoms with Gasteiger partial charge in [0.1, 0.15) is 6.07 Å². The molecule has 2 aromatic rings. The van der Waals surface area contributed by atoms with Gasteiger partial charge in [-0.1, -0.05) is 17.7 Å². The quantitative estimate of drug-likeness (QED) is 0.680. The van der Waals surface area contributed by atoms with E-state index in [9.17, 15) is 10.1 Å². The van der Waals surface area contributed by atoms with Crippen LogP contribution < -0.4 is 5.32 Å². The van der Waals surface area contributed by atoms with Crippen molar-refractivity contribution in [3.63, 3.8) is 0 Å². The molecule has 0 fully saturated rings. The first-order valence-electron chi connectivity index (χ1n) is 5.31. The van der Waals surface area contributed by atoms with Gasteiger partial charge in [0.05, 0.1) is 16.2 Å². The van der Waals surface area contributed by atoms with Crippen LogP contribution in [0.2, 0.25) is 5.02 Å². The summed E-state index contributed by atoms with van der Waals surface area (Å²) < 4.78 is 0. The molecule has 0 heterocycles. The van der Waals surface area contributed by atoms with Gasteiger partial charge in [-0.25, -0.2) is 0 Å². The number of rotatable bonds is 3. The Morgan fingerprint density at radius 1 is 1.26 bits per heavy atom. The number of anilines is 2. The Labute approximate surface area is 114 Å². The van der Waals surface area contributed by atoms with Crippen LogP contribution in [-0.2, 0) is 0 Å². The molecule has 94 valence electrons. The van der Waals surface area contributed by atoms with Gasteiger partial charge < -0.3 is 5.32 Å². The van der Waals surface area contributed by atoms with Crippen LogP contribution in [0.1, 0.15) is 5.56 Å². The SMILES string of the molecule is N#Cc1cc([N+](=O)[O-])ccc1Nc1cccc(Cl)c1. The molecule has 2 aromatic carbocycles. The first-order chi connectivity index (χ1) is 9.10. The Morgan fingerprint density at radius 3 is 2.68 bits per heavy atom. The Bertz CT molecular complexity index is 680. The van der Waals surface area contributed by atoms with Crippen molar-refractivity contribution in [1.82, 2.24) is 0 Å². The summed E-state index contributed by atoms with van der Waals surface area (Å²) in [5.41, 5.74) is 1.29. The number of non-ortho nitro benzene ring substituents is 1. The highest BCUT2D eigenvalue weighted by Gasteiger charge is 2.10. The molecule has 0 saturated heterocycles. The Morgan fingerprint density at radius 2 is 2.05 bits per heavy atom. The molecule has 0 atom stereocenters. The largest absolute Gasteiger partial charge is 0.354 e. The van der Waals surface area contributed by atoms with Crippen LogP contribution in [0.3, 0.4) is 0 Å². The minimum atomic E-state index is -0.538. The normalized spacial score (nSPS) is 9.68. The van der Waals surface area contributed by atoms with Crippen LogP contribution in [0, 0.1) is 21.4 Å². The van der Waals surface area contributed by atoms with Crippen LogP contribution in [0.25, 0.3) is 0 Å². The van der Waals surface area contributed by atoms with E-state index >= 15 is 0 Å². The summed E-state index contributed by atoms with van der Waals surface area (Å²) in [6, 6.07) is 13.0.